The van der Waals surface area contributed by atoms with Crippen LogP contribution in [-0.2, 0) is 10.0 Å². The number of nitrogens with one attached hydrogen (secondary N) is 1. The van der Waals surface area contributed by atoms with Crippen LogP contribution in [0.4, 0.5) is 5.69 Å². The Balaban J connectivity index is 1.77. The zero-order valence-corrected chi connectivity index (χ0v) is 16.2. The number of ether oxygens (including phenoxy) is 1. The minimum atomic E-state index is -3.55. The average molecular weight is 389 g/mol. The summed E-state index contributed by atoms with van der Waals surface area (Å²) in [6.07, 6.45) is 4.35. The third-order valence-electron chi connectivity index (χ3n) is 4.68. The SMILES string of the molecule is COc1ncccc1NC(=O)c1ccc(S(=O)(=O)N2CCCC[C@H]2C)cc1. The van der Waals surface area contributed by atoms with Crippen molar-refractivity contribution >= 4 is 21.6 Å². The fraction of sp³-hybridized carbons (Fsp3) is 0.368. The van der Waals surface area contributed by atoms with Crippen LogP contribution in [0.25, 0.3) is 0 Å². The van der Waals surface area contributed by atoms with Gasteiger partial charge in [0.15, 0.2) is 0 Å². The molecule has 144 valence electrons. The highest BCUT2D eigenvalue weighted by molar-refractivity contribution is 7.89. The van der Waals surface area contributed by atoms with Crippen molar-refractivity contribution in [1.82, 2.24) is 9.29 Å². The Morgan fingerprint density at radius 3 is 2.63 bits per heavy atom. The zero-order chi connectivity index (χ0) is 19.4. The van der Waals surface area contributed by atoms with Crippen LogP contribution < -0.4 is 10.1 Å². The Labute approximate surface area is 159 Å². The van der Waals surface area contributed by atoms with E-state index in [2.05, 4.69) is 10.3 Å². The number of aromatic nitrogens is 1. The highest BCUT2D eigenvalue weighted by atomic mass is 32.2. The quantitative estimate of drug-likeness (QED) is 0.849. The van der Waals surface area contributed by atoms with Crippen molar-refractivity contribution in [2.24, 2.45) is 0 Å². The topological polar surface area (TPSA) is 88.6 Å². The Bertz CT molecular complexity index is 913. The number of sulfonamides is 1. The van der Waals surface area contributed by atoms with Crippen molar-refractivity contribution in [3.8, 4) is 5.88 Å². The van der Waals surface area contributed by atoms with Gasteiger partial charge in [-0.2, -0.15) is 4.31 Å². The van der Waals surface area contributed by atoms with Gasteiger partial charge >= 0.3 is 0 Å². The first-order chi connectivity index (χ1) is 12.9. The van der Waals surface area contributed by atoms with Crippen LogP contribution in [0.15, 0.2) is 47.5 Å². The van der Waals surface area contributed by atoms with E-state index < -0.39 is 10.0 Å². The largest absolute Gasteiger partial charge is 0.480 e. The van der Waals surface area contributed by atoms with Crippen molar-refractivity contribution < 1.29 is 17.9 Å². The number of hydrogen-bond acceptors (Lipinski definition) is 5. The smallest absolute Gasteiger partial charge is 0.255 e. The molecule has 2 heterocycles. The van der Waals surface area contributed by atoms with Crippen molar-refractivity contribution in [2.45, 2.75) is 37.1 Å². The molecule has 8 heteroatoms. The fourth-order valence-corrected chi connectivity index (χ4v) is 4.89. The molecule has 0 saturated carbocycles. The second-order valence-corrected chi connectivity index (χ2v) is 8.39. The molecule has 3 rings (SSSR count). The molecule has 7 nitrogen and oxygen atoms in total. The number of rotatable bonds is 5. The van der Waals surface area contributed by atoms with Crippen molar-refractivity contribution in [3.63, 3.8) is 0 Å². The van der Waals surface area contributed by atoms with Gasteiger partial charge in [0.25, 0.3) is 5.91 Å². The number of carbonyl (C=O) groups is 1. The average Bonchev–Trinajstić information content (AvgIpc) is 2.68. The molecule has 1 aromatic heterocycles. The molecule has 0 aliphatic carbocycles. The lowest BCUT2D eigenvalue weighted by Crippen LogP contribution is -2.41. The molecule has 0 bridgehead atoms. The number of carbonyl (C=O) groups excluding carboxylic acids is 1. The Morgan fingerprint density at radius 2 is 1.96 bits per heavy atom. The van der Waals surface area contributed by atoms with Crippen molar-refractivity contribution in [2.75, 3.05) is 19.0 Å². The van der Waals surface area contributed by atoms with Gasteiger partial charge in [-0.15, -0.1) is 0 Å². The first-order valence-corrected chi connectivity index (χ1v) is 10.3. The van der Waals surface area contributed by atoms with Gasteiger partial charge in [-0.1, -0.05) is 6.42 Å². The van der Waals surface area contributed by atoms with Crippen molar-refractivity contribution in [3.05, 3.63) is 48.2 Å². The third kappa shape index (κ3) is 4.12. The lowest BCUT2D eigenvalue weighted by Gasteiger charge is -2.32. The summed E-state index contributed by atoms with van der Waals surface area (Å²) in [5, 5.41) is 2.72. The van der Waals surface area contributed by atoms with E-state index in [1.807, 2.05) is 6.92 Å². The van der Waals surface area contributed by atoms with Crippen LogP contribution in [0.1, 0.15) is 36.5 Å². The van der Waals surface area contributed by atoms with E-state index in [0.717, 1.165) is 19.3 Å². The number of anilines is 1. The zero-order valence-electron chi connectivity index (χ0n) is 15.4. The molecular formula is C19H23N3O4S. The summed E-state index contributed by atoms with van der Waals surface area (Å²) in [7, 11) is -2.08. The first-order valence-electron chi connectivity index (χ1n) is 8.86. The number of nitrogens with zero attached hydrogens (tertiary/aromatic N) is 2. The maximum atomic E-state index is 12.9. The van der Waals surface area contributed by atoms with Gasteiger partial charge in [0.05, 0.1) is 12.0 Å². The molecule has 1 aliphatic rings. The molecule has 1 N–H and O–H groups in total. The summed E-state index contributed by atoms with van der Waals surface area (Å²) in [5.41, 5.74) is 0.801. The number of pyridine rings is 1. The predicted molar refractivity (Wildman–Crippen MR) is 102 cm³/mol. The van der Waals surface area contributed by atoms with Crippen LogP contribution in [0, 0.1) is 0 Å². The van der Waals surface area contributed by atoms with Gasteiger partial charge in [-0.3, -0.25) is 4.79 Å². The molecule has 0 spiro atoms. The van der Waals surface area contributed by atoms with Crippen LogP contribution in [-0.4, -0.2) is 43.3 Å². The van der Waals surface area contributed by atoms with Crippen molar-refractivity contribution in [1.29, 1.82) is 0 Å². The fourth-order valence-electron chi connectivity index (χ4n) is 3.19. The summed E-state index contributed by atoms with van der Waals surface area (Å²) < 4.78 is 32.4. The molecule has 1 amide bonds. The summed E-state index contributed by atoms with van der Waals surface area (Å²) in [6.45, 7) is 2.46. The molecular weight excluding hydrogens is 366 g/mol. The van der Waals surface area contributed by atoms with Crippen LogP contribution in [0.2, 0.25) is 0 Å². The minimum Gasteiger partial charge on any atom is -0.480 e. The van der Waals surface area contributed by atoms with E-state index in [1.54, 1.807) is 22.6 Å². The Morgan fingerprint density at radius 1 is 1.22 bits per heavy atom. The number of piperidine rings is 1. The summed E-state index contributed by atoms with van der Waals surface area (Å²) >= 11 is 0. The molecule has 1 aliphatic heterocycles. The van der Waals surface area contributed by atoms with Crippen LogP contribution in [0.3, 0.4) is 0 Å². The van der Waals surface area contributed by atoms with E-state index in [-0.39, 0.29) is 16.8 Å². The number of amides is 1. The maximum Gasteiger partial charge on any atom is 0.255 e. The number of benzene rings is 1. The summed E-state index contributed by atoms with van der Waals surface area (Å²) in [4.78, 5) is 16.7. The predicted octanol–water partition coefficient (Wildman–Crippen LogP) is 2.91. The van der Waals surface area contributed by atoms with Gasteiger partial charge in [-0.05, 0) is 56.2 Å². The molecule has 27 heavy (non-hydrogen) atoms. The minimum absolute atomic E-state index is 0.00947. The standard InChI is InChI=1S/C19H23N3O4S/c1-14-6-3-4-13-22(14)27(24,25)16-10-8-15(9-11-16)18(23)21-17-7-5-12-20-19(17)26-2/h5,7-12,14H,3-4,6,13H2,1-2H3,(H,21,23)/t14-/m1/s1. The second kappa shape index (κ2) is 8.06. The van der Waals surface area contributed by atoms with Gasteiger partial charge in [0.2, 0.25) is 15.9 Å². The summed E-state index contributed by atoms with van der Waals surface area (Å²) in [5.74, 6) is -0.0549. The highest BCUT2D eigenvalue weighted by Gasteiger charge is 2.30. The van der Waals surface area contributed by atoms with E-state index in [9.17, 15) is 13.2 Å². The molecule has 0 unspecified atom stereocenters. The van der Waals surface area contributed by atoms with E-state index in [0.29, 0.717) is 23.7 Å². The number of methoxy groups -OCH3 is 1. The lowest BCUT2D eigenvalue weighted by atomic mass is 10.1. The molecule has 1 atom stereocenters. The molecule has 1 saturated heterocycles. The monoisotopic (exact) mass is 389 g/mol. The molecule has 0 radical (unpaired) electrons. The van der Waals surface area contributed by atoms with E-state index >= 15 is 0 Å². The third-order valence-corrected chi connectivity index (χ3v) is 6.71. The second-order valence-electron chi connectivity index (χ2n) is 6.50. The molecule has 2 aromatic rings. The van der Waals surface area contributed by atoms with Gasteiger partial charge in [0.1, 0.15) is 5.69 Å². The van der Waals surface area contributed by atoms with Gasteiger partial charge in [0, 0.05) is 24.3 Å². The Hall–Kier alpha value is -2.45. The Kier molecular flexibility index (Phi) is 5.76. The lowest BCUT2D eigenvalue weighted by molar-refractivity contribution is 0.102. The number of hydrogen-bond donors (Lipinski definition) is 1. The highest BCUT2D eigenvalue weighted by Crippen LogP contribution is 2.26. The van der Waals surface area contributed by atoms with Gasteiger partial charge in [-0.25, -0.2) is 13.4 Å². The molecule has 1 aromatic carbocycles. The van der Waals surface area contributed by atoms with E-state index in [4.69, 9.17) is 4.74 Å². The van der Waals surface area contributed by atoms with E-state index in [1.165, 1.54) is 31.4 Å². The van der Waals surface area contributed by atoms with Crippen LogP contribution >= 0.6 is 0 Å². The molecule has 1 fully saturated rings. The normalized spacial score (nSPS) is 18.1. The van der Waals surface area contributed by atoms with Crippen LogP contribution in [0.5, 0.6) is 5.88 Å². The maximum absolute atomic E-state index is 12.9. The first kappa shape index (κ1) is 19.3. The van der Waals surface area contributed by atoms with Gasteiger partial charge < -0.3 is 10.1 Å². The summed E-state index contributed by atoms with van der Waals surface area (Å²) in [6, 6.07) is 9.34.